The van der Waals surface area contributed by atoms with Crippen molar-refractivity contribution in [3.8, 4) is 0 Å². The summed E-state index contributed by atoms with van der Waals surface area (Å²) < 4.78 is 4.95. The second-order valence-electron chi connectivity index (χ2n) is 21.5. The summed E-state index contributed by atoms with van der Waals surface area (Å²) in [5.74, 6) is -9.35. The molecule has 1 aliphatic heterocycles. The fourth-order valence-corrected chi connectivity index (χ4v) is 9.87. The van der Waals surface area contributed by atoms with Crippen LogP contribution >= 0.6 is 11.8 Å². The van der Waals surface area contributed by atoms with Crippen molar-refractivity contribution >= 4 is 100.0 Å². The van der Waals surface area contributed by atoms with Crippen LogP contribution in [0.1, 0.15) is 130 Å². The number of thioether (sulfide) groups is 1. The van der Waals surface area contributed by atoms with Gasteiger partial charge in [-0.05, 0) is 89.7 Å². The number of ketones is 5. The van der Waals surface area contributed by atoms with E-state index in [0.29, 0.717) is 32.2 Å². The predicted molar refractivity (Wildman–Crippen MR) is 325 cm³/mol. The van der Waals surface area contributed by atoms with Gasteiger partial charge in [0.25, 0.3) is 0 Å². The van der Waals surface area contributed by atoms with Crippen molar-refractivity contribution in [3.05, 3.63) is 0 Å². The number of ether oxygens (including phenoxy) is 1. The van der Waals surface area contributed by atoms with Gasteiger partial charge in [0.15, 0.2) is 52.8 Å². The first-order valence-electron chi connectivity index (χ1n) is 28.7. The Morgan fingerprint density at radius 2 is 1.08 bits per heavy atom. The maximum absolute atomic E-state index is 14.3. The fourth-order valence-electron chi connectivity index (χ4n) is 9.26. The van der Waals surface area contributed by atoms with Gasteiger partial charge in [-0.2, -0.15) is 11.8 Å². The van der Waals surface area contributed by atoms with Gasteiger partial charge in [-0.15, -0.1) is 0 Å². The molecule has 0 unspecified atom stereocenters. The first-order valence-corrected chi connectivity index (χ1v) is 30.1. The van der Waals surface area contributed by atoms with Crippen LogP contribution in [0.4, 0.5) is 0 Å². The van der Waals surface area contributed by atoms with Crippen molar-refractivity contribution in [3.63, 3.8) is 0 Å². The second-order valence-corrected chi connectivity index (χ2v) is 22.4. The largest absolute Gasteiger partial charge is 0.375 e. The number of hydrogen-bond donors (Lipinski definition) is 13. The Morgan fingerprint density at radius 3 is 1.58 bits per heavy atom. The number of methoxy groups -OCH3 is 1. The Balaban J connectivity index is 3.20. The summed E-state index contributed by atoms with van der Waals surface area (Å²) >= 11 is 1.27. The molecule has 8 atom stereocenters. The first kappa shape index (κ1) is 75.6. The predicted octanol–water partition coefficient (Wildman–Crippen LogP) is -3.01. The van der Waals surface area contributed by atoms with Gasteiger partial charge in [0.05, 0.1) is 30.7 Å². The number of aliphatic imine (C=N–C) groups is 4. The van der Waals surface area contributed by atoms with Gasteiger partial charge >= 0.3 is 0 Å². The molecule has 6 amide bonds. The molecule has 1 fully saturated rings. The summed E-state index contributed by atoms with van der Waals surface area (Å²) in [6, 6.07) is -4.85. The van der Waals surface area contributed by atoms with Crippen LogP contribution in [0.5, 0.6) is 0 Å². The molecule has 1 aliphatic rings. The Hall–Kier alpha value is -7.44. The number of rotatable bonds is 45. The number of nitrogens with one attached hydrogen (secondary N) is 5. The molecule has 480 valence electrons. The van der Waals surface area contributed by atoms with E-state index in [9.17, 15) is 52.7 Å². The van der Waals surface area contributed by atoms with Crippen molar-refractivity contribution in [2.45, 2.75) is 161 Å². The SMILES string of the molecule is COCC(=O)N1CCC[C@H]1C(=O)N[C@@H](CC(C)C)C(=O)CCC(=O)N[C@@H](CSC)C(=O)C[C@@H](C)C(=O)NCC(=O)C[C@H](CCCN=C(N)N)C(=O)N[C@H](CCCN=C(N)N)C(=O)C[C@H](CCCN=C(N)N)C(=O)N[C@H](CCCN=C(N)N)C(C)=O. The van der Waals surface area contributed by atoms with Crippen LogP contribution in [-0.2, 0) is 57.5 Å². The lowest BCUT2D eigenvalue weighted by Crippen LogP contribution is -2.51. The molecule has 21 N–H and O–H groups in total. The number of guanidine groups is 4. The summed E-state index contributed by atoms with van der Waals surface area (Å²) in [6.45, 7) is 6.70. The molecule has 0 saturated carbocycles. The van der Waals surface area contributed by atoms with E-state index in [2.05, 4.69) is 46.6 Å². The van der Waals surface area contributed by atoms with Crippen molar-refractivity contribution in [1.82, 2.24) is 31.5 Å². The van der Waals surface area contributed by atoms with Crippen molar-refractivity contribution < 1.29 is 57.5 Å². The monoisotopic (exact) mass is 1220 g/mol. The standard InChI is InChI=1S/C54H96N18O12S/c1-31(2)24-39(71-50(83)41-16-11-23-72(41)46(79)29-84-5)42(75)17-18-45(78)68-40(30-85-6)43(76)25-32(3)47(80)67-28-36(74)26-34(12-7-19-63-51(55)56)48(81)70-38(15-10-22-66-54(61)62)44(77)27-35(13-8-20-64-52(57)58)49(82)69-37(33(4)73)14-9-21-65-53(59)60/h31-32,34-35,37-41H,7-30H2,1-6H3,(H,67,80)(H,68,78)(H,69,82)(H,70,81)(H,71,83)(H4,55,56,63)(H4,57,58,64)(H4,59,60,65)(H4,61,62,66)/t32-,34+,35+,37-,38-,39+,40+,41+/m1/s1. The lowest BCUT2D eigenvalue weighted by molar-refractivity contribution is -0.142. The average Bonchev–Trinajstić information content (AvgIpc) is 3.56. The number of hydrogen-bond acceptors (Lipinski definition) is 17. The maximum Gasteiger partial charge on any atom is 0.249 e. The molecule has 0 aromatic rings. The summed E-state index contributed by atoms with van der Waals surface area (Å²) in [6.07, 6.45) is 2.80. The van der Waals surface area contributed by atoms with E-state index in [1.807, 2.05) is 13.8 Å². The van der Waals surface area contributed by atoms with Gasteiger partial charge in [0, 0.05) is 95.4 Å². The highest BCUT2D eigenvalue weighted by molar-refractivity contribution is 7.98. The van der Waals surface area contributed by atoms with Crippen LogP contribution in [-0.4, -0.2) is 188 Å². The zero-order chi connectivity index (χ0) is 64.2. The molecule has 0 radical (unpaired) electrons. The van der Waals surface area contributed by atoms with Crippen LogP contribution < -0.4 is 72.5 Å². The third-order valence-electron chi connectivity index (χ3n) is 13.7. The molecule has 0 bridgehead atoms. The Morgan fingerprint density at radius 1 is 0.588 bits per heavy atom. The molecule has 0 aliphatic carbocycles. The minimum Gasteiger partial charge on any atom is -0.375 e. The van der Waals surface area contributed by atoms with Crippen molar-refractivity contribution in [2.24, 2.45) is 89.5 Å². The topological polar surface area (TPSA) is 518 Å². The van der Waals surface area contributed by atoms with Crippen molar-refractivity contribution in [1.29, 1.82) is 0 Å². The number of nitrogens with zero attached hydrogens (tertiary/aromatic N) is 5. The summed E-state index contributed by atoms with van der Waals surface area (Å²) in [7, 11) is 1.38. The number of carbonyl (C=O) groups is 11. The van der Waals surface area contributed by atoms with Gasteiger partial charge in [0.1, 0.15) is 12.6 Å². The van der Waals surface area contributed by atoms with Crippen LogP contribution in [0.25, 0.3) is 0 Å². The van der Waals surface area contributed by atoms with Gasteiger partial charge in [0.2, 0.25) is 35.4 Å². The van der Waals surface area contributed by atoms with Crippen LogP contribution in [0.15, 0.2) is 20.0 Å². The van der Waals surface area contributed by atoms with E-state index >= 15 is 0 Å². The molecule has 30 nitrogen and oxygen atoms in total. The van der Waals surface area contributed by atoms with E-state index in [1.54, 1.807) is 6.26 Å². The quantitative estimate of drug-likeness (QED) is 0.0164. The average molecular weight is 1220 g/mol. The number of Topliss-reactive ketones (excluding diaryl/α,β-unsaturated/α-hetero) is 5. The van der Waals surface area contributed by atoms with Gasteiger partial charge < -0.3 is 82.1 Å². The molecule has 1 saturated heterocycles. The third kappa shape index (κ3) is 32.4. The lowest BCUT2D eigenvalue weighted by Gasteiger charge is -2.27. The third-order valence-corrected chi connectivity index (χ3v) is 14.4. The van der Waals surface area contributed by atoms with E-state index < -0.39 is 120 Å². The second kappa shape index (κ2) is 41.6. The van der Waals surface area contributed by atoms with Gasteiger partial charge in [-0.1, -0.05) is 20.8 Å². The van der Waals surface area contributed by atoms with Gasteiger partial charge in [-0.25, -0.2) is 0 Å². The van der Waals surface area contributed by atoms with E-state index in [1.165, 1.54) is 37.6 Å². The zero-order valence-electron chi connectivity index (χ0n) is 50.3. The first-order chi connectivity index (χ1) is 40.1. The molecule has 1 rings (SSSR count). The molecule has 0 spiro atoms. The minimum absolute atomic E-state index is 0.000367. The highest BCUT2D eigenvalue weighted by atomic mass is 32.2. The van der Waals surface area contributed by atoms with Crippen LogP contribution in [0, 0.1) is 23.7 Å². The molecule has 31 heteroatoms. The van der Waals surface area contributed by atoms with E-state index in [4.69, 9.17) is 50.6 Å². The summed E-state index contributed by atoms with van der Waals surface area (Å²) in [5.41, 5.74) is 43.9. The van der Waals surface area contributed by atoms with E-state index in [-0.39, 0.29) is 144 Å². The minimum atomic E-state index is -1.22. The Labute approximate surface area is 502 Å². The molecule has 85 heavy (non-hydrogen) atoms. The smallest absolute Gasteiger partial charge is 0.249 e. The van der Waals surface area contributed by atoms with Crippen LogP contribution in [0.3, 0.4) is 0 Å². The zero-order valence-corrected chi connectivity index (χ0v) is 51.1. The highest BCUT2D eigenvalue weighted by Crippen LogP contribution is 2.21. The van der Waals surface area contributed by atoms with E-state index in [0.717, 1.165) is 0 Å². The number of nitrogens with two attached hydrogens (primary N) is 8. The summed E-state index contributed by atoms with van der Waals surface area (Å²) in [5, 5.41) is 13.5. The fraction of sp³-hybridized carbons (Fsp3) is 0.722. The number of amides is 6. The van der Waals surface area contributed by atoms with Gasteiger partial charge in [-0.3, -0.25) is 72.7 Å². The number of carbonyl (C=O) groups excluding carboxylic acids is 11. The number of likely N-dealkylation sites (tertiary alicyclic amines) is 1. The molecule has 1 heterocycles. The Kier molecular flexibility index (Phi) is 36.9. The lowest BCUT2D eigenvalue weighted by atomic mass is 9.90. The molecular weight excluding hydrogens is 1120 g/mol. The van der Waals surface area contributed by atoms with Crippen LogP contribution in [0.2, 0.25) is 0 Å². The molecular formula is C54H96N18O12S. The molecule has 0 aromatic carbocycles. The summed E-state index contributed by atoms with van der Waals surface area (Å²) in [4.78, 5) is 165. The van der Waals surface area contributed by atoms with Crippen molar-refractivity contribution in [2.75, 3.05) is 65.0 Å². The highest BCUT2D eigenvalue weighted by Gasteiger charge is 2.37. The maximum atomic E-state index is 14.3. The molecule has 0 aromatic heterocycles. The Bertz CT molecular complexity index is 2360. The normalized spacial score (nSPS) is 15.2.